The van der Waals surface area contributed by atoms with E-state index in [1.807, 2.05) is 18.2 Å². The summed E-state index contributed by atoms with van der Waals surface area (Å²) in [7, 11) is 0. The lowest BCUT2D eigenvalue weighted by Crippen LogP contribution is -2.27. The molecule has 2 aromatic carbocycles. The van der Waals surface area contributed by atoms with Crippen LogP contribution in [0.3, 0.4) is 0 Å². The summed E-state index contributed by atoms with van der Waals surface area (Å²) in [5.74, 6) is 0.608. The molecule has 1 aliphatic carbocycles. The molecule has 0 saturated heterocycles. The molecule has 27 heavy (non-hydrogen) atoms. The van der Waals surface area contributed by atoms with E-state index < -0.39 is 0 Å². The fourth-order valence-corrected chi connectivity index (χ4v) is 4.74. The van der Waals surface area contributed by atoms with Crippen molar-refractivity contribution in [1.82, 2.24) is 0 Å². The van der Waals surface area contributed by atoms with Gasteiger partial charge >= 0.3 is 0 Å². The number of rotatable bonds is 2. The lowest BCUT2D eigenvalue weighted by Gasteiger charge is -2.38. The number of hydrogen-bond donors (Lipinski definition) is 2. The molecule has 0 bridgehead atoms. The molecule has 140 valence electrons. The Bertz CT molecular complexity index is 963. The molecule has 0 amide bonds. The Morgan fingerprint density at radius 3 is 2.78 bits per heavy atom. The first-order valence-electron chi connectivity index (χ1n) is 9.38. The van der Waals surface area contributed by atoms with E-state index in [1.165, 1.54) is 17.2 Å². The molecule has 0 aromatic heterocycles. The molecule has 1 heterocycles. The number of benzene rings is 2. The fourth-order valence-electron chi connectivity index (χ4n) is 4.57. The van der Waals surface area contributed by atoms with Crippen molar-refractivity contribution in [2.45, 2.75) is 39.2 Å². The predicted octanol–water partition coefficient (Wildman–Crippen LogP) is 7.04. The molecule has 0 spiro atoms. The van der Waals surface area contributed by atoms with E-state index in [4.69, 9.17) is 11.6 Å². The smallest absolute Gasteiger partial charge is 0.127 e. The zero-order valence-corrected chi connectivity index (χ0v) is 16.6. The normalized spacial score (nSPS) is 23.4. The van der Waals surface area contributed by atoms with Gasteiger partial charge in [-0.3, -0.25) is 0 Å². The first-order valence-corrected chi connectivity index (χ1v) is 9.76. The van der Waals surface area contributed by atoms with Crippen molar-refractivity contribution in [3.05, 3.63) is 75.7 Å². The van der Waals surface area contributed by atoms with Gasteiger partial charge < -0.3 is 10.6 Å². The molecule has 1 aliphatic heterocycles. The van der Waals surface area contributed by atoms with E-state index in [9.17, 15) is 4.39 Å². The molecular weight excluding hydrogens is 359 g/mol. The zero-order chi connectivity index (χ0) is 19.3. The maximum atomic E-state index is 14.3. The molecular formula is C23H24ClFN2. The Morgan fingerprint density at radius 2 is 2.00 bits per heavy atom. The minimum atomic E-state index is -0.267. The number of hydrogen-bond acceptors (Lipinski definition) is 2. The fraction of sp³-hybridized carbons (Fsp3) is 0.304. The van der Waals surface area contributed by atoms with Crippen LogP contribution in [-0.4, -0.2) is 0 Å². The van der Waals surface area contributed by atoms with Crippen LogP contribution in [0, 0.1) is 18.7 Å². The molecule has 3 atom stereocenters. The minimum Gasteiger partial charge on any atom is -0.377 e. The monoisotopic (exact) mass is 382 g/mol. The lowest BCUT2D eigenvalue weighted by molar-refractivity contribution is 0.395. The van der Waals surface area contributed by atoms with E-state index in [-0.39, 0.29) is 11.9 Å². The molecule has 4 rings (SSSR count). The quantitative estimate of drug-likeness (QED) is 0.582. The van der Waals surface area contributed by atoms with Crippen molar-refractivity contribution in [3.63, 3.8) is 0 Å². The average Bonchev–Trinajstić information content (AvgIpc) is 2.60. The summed E-state index contributed by atoms with van der Waals surface area (Å²) < 4.78 is 14.3. The van der Waals surface area contributed by atoms with Crippen LogP contribution >= 0.6 is 11.6 Å². The van der Waals surface area contributed by atoms with Crippen LogP contribution in [-0.2, 0) is 0 Å². The van der Waals surface area contributed by atoms with E-state index in [0.717, 1.165) is 39.6 Å². The van der Waals surface area contributed by atoms with Crippen LogP contribution in [0.4, 0.5) is 15.8 Å². The maximum absolute atomic E-state index is 14.3. The van der Waals surface area contributed by atoms with E-state index in [2.05, 4.69) is 44.1 Å². The lowest BCUT2D eigenvalue weighted by atomic mass is 9.73. The number of anilines is 2. The zero-order valence-electron chi connectivity index (χ0n) is 15.9. The van der Waals surface area contributed by atoms with E-state index in [1.54, 1.807) is 6.07 Å². The highest BCUT2D eigenvalue weighted by Crippen LogP contribution is 2.46. The summed E-state index contributed by atoms with van der Waals surface area (Å²) in [5, 5.41) is 7.60. The van der Waals surface area contributed by atoms with Gasteiger partial charge in [0.1, 0.15) is 5.82 Å². The van der Waals surface area contributed by atoms with Crippen molar-refractivity contribution < 1.29 is 4.39 Å². The number of fused-ring (bicyclic) bond motifs is 2. The third-order valence-electron chi connectivity index (χ3n) is 5.81. The highest BCUT2D eigenvalue weighted by molar-refractivity contribution is 6.31. The van der Waals surface area contributed by atoms with Crippen molar-refractivity contribution in [2.24, 2.45) is 5.92 Å². The standard InChI is InChI=1S/C23H24ClFN2/c1-12-9-13(2)23(18-7-8-19(24)15(4)22(12)18)27-21-11-16(25)10-20-17(21)6-5-14(3)26-20/h5-8,10-13,23,26-27H,3,9H2,1-2,4H3/t12-,13?,23?/m1/s1. The molecule has 2 unspecified atom stereocenters. The topological polar surface area (TPSA) is 24.1 Å². The number of allylic oxidation sites excluding steroid dienone is 1. The minimum absolute atomic E-state index is 0.108. The van der Waals surface area contributed by atoms with Gasteiger partial charge in [-0.15, -0.1) is 0 Å². The van der Waals surface area contributed by atoms with Crippen molar-refractivity contribution in [3.8, 4) is 0 Å². The average molecular weight is 383 g/mol. The molecule has 0 fully saturated rings. The van der Waals surface area contributed by atoms with Gasteiger partial charge in [0.25, 0.3) is 0 Å². The summed E-state index contributed by atoms with van der Waals surface area (Å²) in [6, 6.07) is 7.29. The second-order valence-electron chi connectivity index (χ2n) is 7.81. The van der Waals surface area contributed by atoms with Crippen LogP contribution in [0.1, 0.15) is 54.5 Å². The third-order valence-corrected chi connectivity index (χ3v) is 6.22. The summed E-state index contributed by atoms with van der Waals surface area (Å²) in [6.45, 7) is 10.5. The molecule has 4 heteroatoms. The van der Waals surface area contributed by atoms with Crippen molar-refractivity contribution >= 4 is 29.1 Å². The highest BCUT2D eigenvalue weighted by Gasteiger charge is 2.32. The van der Waals surface area contributed by atoms with Gasteiger partial charge in [-0.1, -0.05) is 38.1 Å². The van der Waals surface area contributed by atoms with Crippen LogP contribution in [0.5, 0.6) is 0 Å². The predicted molar refractivity (Wildman–Crippen MR) is 113 cm³/mol. The number of nitrogens with one attached hydrogen (secondary N) is 2. The highest BCUT2D eigenvalue weighted by atomic mass is 35.5. The molecule has 2 N–H and O–H groups in total. The summed E-state index contributed by atoms with van der Waals surface area (Å²) in [5.41, 5.74) is 7.00. The van der Waals surface area contributed by atoms with Crippen molar-refractivity contribution in [2.75, 3.05) is 10.6 Å². The van der Waals surface area contributed by atoms with Crippen LogP contribution in [0.25, 0.3) is 6.08 Å². The largest absolute Gasteiger partial charge is 0.377 e. The van der Waals surface area contributed by atoms with Gasteiger partial charge in [0, 0.05) is 22.0 Å². The maximum Gasteiger partial charge on any atom is 0.127 e. The summed E-state index contributed by atoms with van der Waals surface area (Å²) in [6.07, 6.45) is 4.96. The SMILES string of the molecule is C=C1C=Cc2c(cc(F)cc2NC2c3ccc(Cl)c(C)c3[C@H](C)CC2C)N1. The van der Waals surface area contributed by atoms with Crippen LogP contribution in [0.2, 0.25) is 5.02 Å². The first-order chi connectivity index (χ1) is 12.8. The van der Waals surface area contributed by atoms with Crippen LogP contribution in [0.15, 0.2) is 42.6 Å². The molecule has 2 nitrogen and oxygen atoms in total. The summed E-state index contributed by atoms with van der Waals surface area (Å²) >= 11 is 6.39. The Labute approximate surface area is 165 Å². The Morgan fingerprint density at radius 1 is 1.22 bits per heavy atom. The Balaban J connectivity index is 1.79. The second-order valence-corrected chi connectivity index (χ2v) is 8.22. The van der Waals surface area contributed by atoms with Gasteiger partial charge in [0.15, 0.2) is 0 Å². The molecule has 2 aliphatic rings. The van der Waals surface area contributed by atoms with Crippen molar-refractivity contribution in [1.29, 1.82) is 0 Å². The van der Waals surface area contributed by atoms with Gasteiger partial charge in [0.2, 0.25) is 0 Å². The van der Waals surface area contributed by atoms with Crippen LogP contribution < -0.4 is 10.6 Å². The van der Waals surface area contributed by atoms with Gasteiger partial charge in [-0.05, 0) is 72.2 Å². The van der Waals surface area contributed by atoms with Gasteiger partial charge in [-0.2, -0.15) is 0 Å². The van der Waals surface area contributed by atoms with Gasteiger partial charge in [0.05, 0.1) is 11.7 Å². The second kappa shape index (κ2) is 6.72. The molecule has 2 aromatic rings. The van der Waals surface area contributed by atoms with E-state index >= 15 is 0 Å². The van der Waals surface area contributed by atoms with E-state index in [0.29, 0.717) is 11.8 Å². The molecule has 0 radical (unpaired) electrons. The van der Waals surface area contributed by atoms with Gasteiger partial charge in [-0.25, -0.2) is 4.39 Å². The third kappa shape index (κ3) is 3.14. The Kier molecular flexibility index (Phi) is 4.51. The Hall–Kier alpha value is -2.26. The number of halogens is 2. The first kappa shape index (κ1) is 18.1. The molecule has 0 saturated carbocycles. The summed E-state index contributed by atoms with van der Waals surface area (Å²) in [4.78, 5) is 0.